The summed E-state index contributed by atoms with van der Waals surface area (Å²) in [6, 6.07) is 4.93. The van der Waals surface area contributed by atoms with E-state index >= 15 is 0 Å². The molecule has 1 atom stereocenters. The van der Waals surface area contributed by atoms with Crippen LogP contribution in [0.25, 0.3) is 0 Å². The molecule has 0 amide bonds. The summed E-state index contributed by atoms with van der Waals surface area (Å²) < 4.78 is 36.0. The van der Waals surface area contributed by atoms with Crippen LogP contribution in [-0.4, -0.2) is 23.8 Å². The first kappa shape index (κ1) is 15.6. The van der Waals surface area contributed by atoms with Crippen molar-refractivity contribution in [3.8, 4) is 0 Å². The van der Waals surface area contributed by atoms with Crippen molar-refractivity contribution in [3.05, 3.63) is 35.9 Å². The maximum atomic E-state index is 12.0. The molecule has 0 aliphatic heterocycles. The van der Waals surface area contributed by atoms with Gasteiger partial charge in [0.05, 0.1) is 0 Å². The van der Waals surface area contributed by atoms with E-state index in [1.54, 1.807) is 6.07 Å². The van der Waals surface area contributed by atoms with E-state index in [1.807, 2.05) is 0 Å². The van der Waals surface area contributed by atoms with Crippen LogP contribution in [0.1, 0.15) is 10.4 Å². The second-order valence-corrected chi connectivity index (χ2v) is 3.07. The molecule has 1 aromatic rings. The standard InChI is InChI=1S/C10H8F3NO2.ClH/c11-10(12,13)9(16)7(14)8(15)6-4-2-1-3-5-6;/h1-5,7H,14H2;1H. The lowest BCUT2D eigenvalue weighted by Gasteiger charge is -2.11. The SMILES string of the molecule is Cl.NC(C(=O)c1ccccc1)C(=O)C(F)(F)F. The molecule has 0 saturated carbocycles. The van der Waals surface area contributed by atoms with Crippen LogP contribution in [0.3, 0.4) is 0 Å². The second-order valence-electron chi connectivity index (χ2n) is 3.07. The number of carbonyl (C=O) groups excluding carboxylic acids is 2. The van der Waals surface area contributed by atoms with Gasteiger partial charge in [-0.05, 0) is 0 Å². The van der Waals surface area contributed by atoms with Crippen LogP contribution in [0.15, 0.2) is 30.3 Å². The van der Waals surface area contributed by atoms with Crippen molar-refractivity contribution in [2.45, 2.75) is 12.2 Å². The summed E-state index contributed by atoms with van der Waals surface area (Å²) in [5.41, 5.74) is 4.94. The number of alkyl halides is 3. The zero-order valence-corrected chi connectivity index (χ0v) is 9.22. The number of Topliss-reactive ketones (excluding diaryl/α,β-unsaturated/α-hetero) is 2. The number of benzene rings is 1. The van der Waals surface area contributed by atoms with Gasteiger partial charge in [0.2, 0.25) is 0 Å². The fourth-order valence-corrected chi connectivity index (χ4v) is 1.08. The van der Waals surface area contributed by atoms with E-state index in [0.717, 1.165) is 0 Å². The molecular formula is C10H9ClF3NO2. The number of hydrogen-bond acceptors (Lipinski definition) is 3. The third kappa shape index (κ3) is 3.83. The molecule has 0 saturated heterocycles. The topological polar surface area (TPSA) is 60.2 Å². The van der Waals surface area contributed by atoms with Gasteiger partial charge in [0.15, 0.2) is 5.78 Å². The molecule has 7 heteroatoms. The Bertz CT molecular complexity index is 406. The molecule has 0 bridgehead atoms. The molecule has 0 aromatic heterocycles. The summed E-state index contributed by atoms with van der Waals surface area (Å²) in [5.74, 6) is -3.27. The van der Waals surface area contributed by atoms with E-state index in [1.165, 1.54) is 24.3 Å². The molecule has 3 nitrogen and oxygen atoms in total. The summed E-state index contributed by atoms with van der Waals surface area (Å²) >= 11 is 0. The minimum atomic E-state index is -5.09. The number of halogens is 4. The quantitative estimate of drug-likeness (QED) is 0.670. The van der Waals surface area contributed by atoms with Crippen molar-refractivity contribution in [1.82, 2.24) is 0 Å². The average molecular weight is 268 g/mol. The number of hydrogen-bond donors (Lipinski definition) is 1. The molecule has 94 valence electrons. The van der Waals surface area contributed by atoms with Crippen LogP contribution in [0.4, 0.5) is 13.2 Å². The van der Waals surface area contributed by atoms with Gasteiger partial charge in [-0.25, -0.2) is 0 Å². The summed E-state index contributed by atoms with van der Waals surface area (Å²) in [5, 5.41) is 0. The molecule has 0 fully saturated rings. The normalized spacial score (nSPS) is 12.5. The zero-order chi connectivity index (χ0) is 12.3. The lowest BCUT2D eigenvalue weighted by Crippen LogP contribution is -2.45. The number of rotatable bonds is 3. The monoisotopic (exact) mass is 267 g/mol. The van der Waals surface area contributed by atoms with Crippen LogP contribution >= 0.6 is 12.4 Å². The highest BCUT2D eigenvalue weighted by Gasteiger charge is 2.44. The highest BCUT2D eigenvalue weighted by Crippen LogP contribution is 2.18. The Labute approximate surface area is 101 Å². The van der Waals surface area contributed by atoms with E-state index in [9.17, 15) is 22.8 Å². The van der Waals surface area contributed by atoms with Gasteiger partial charge in [-0.15, -0.1) is 12.4 Å². The van der Waals surface area contributed by atoms with Crippen molar-refractivity contribution in [2.75, 3.05) is 0 Å². The Balaban J connectivity index is 0.00000256. The van der Waals surface area contributed by atoms with E-state index in [-0.39, 0.29) is 18.0 Å². The lowest BCUT2D eigenvalue weighted by molar-refractivity contribution is -0.171. The van der Waals surface area contributed by atoms with Crippen LogP contribution in [0.5, 0.6) is 0 Å². The third-order valence-electron chi connectivity index (χ3n) is 1.90. The first-order chi connectivity index (χ1) is 7.34. The molecule has 0 aliphatic rings. The minimum absolute atomic E-state index is 0. The Hall–Kier alpha value is -1.40. The first-order valence-electron chi connectivity index (χ1n) is 4.30. The molecular weight excluding hydrogens is 259 g/mol. The number of nitrogens with two attached hydrogens (primary N) is 1. The average Bonchev–Trinajstić information content (AvgIpc) is 2.26. The Morgan fingerprint density at radius 2 is 1.59 bits per heavy atom. The minimum Gasteiger partial charge on any atom is -0.315 e. The summed E-state index contributed by atoms with van der Waals surface area (Å²) in [4.78, 5) is 22.1. The van der Waals surface area contributed by atoms with Gasteiger partial charge in [-0.1, -0.05) is 30.3 Å². The van der Waals surface area contributed by atoms with Crippen molar-refractivity contribution in [1.29, 1.82) is 0 Å². The van der Waals surface area contributed by atoms with Gasteiger partial charge in [0, 0.05) is 5.56 Å². The molecule has 17 heavy (non-hydrogen) atoms. The van der Waals surface area contributed by atoms with Gasteiger partial charge < -0.3 is 5.73 Å². The molecule has 0 spiro atoms. The van der Waals surface area contributed by atoms with Crippen molar-refractivity contribution in [2.24, 2.45) is 5.73 Å². The van der Waals surface area contributed by atoms with Crippen molar-refractivity contribution >= 4 is 24.0 Å². The smallest absolute Gasteiger partial charge is 0.315 e. The summed E-state index contributed by atoms with van der Waals surface area (Å²) in [7, 11) is 0. The van der Waals surface area contributed by atoms with Gasteiger partial charge in [-0.2, -0.15) is 13.2 Å². The van der Waals surface area contributed by atoms with E-state index in [0.29, 0.717) is 0 Å². The van der Waals surface area contributed by atoms with Crippen LogP contribution in [-0.2, 0) is 4.79 Å². The molecule has 1 unspecified atom stereocenters. The Kier molecular flexibility index (Phi) is 5.31. The van der Waals surface area contributed by atoms with Gasteiger partial charge in [-0.3, -0.25) is 9.59 Å². The Morgan fingerprint density at radius 3 is 2.00 bits per heavy atom. The maximum absolute atomic E-state index is 12.0. The molecule has 2 N–H and O–H groups in total. The fourth-order valence-electron chi connectivity index (χ4n) is 1.08. The van der Waals surface area contributed by atoms with Gasteiger partial charge >= 0.3 is 6.18 Å². The van der Waals surface area contributed by atoms with E-state index < -0.39 is 23.8 Å². The van der Waals surface area contributed by atoms with Crippen molar-refractivity contribution < 1.29 is 22.8 Å². The second kappa shape index (κ2) is 5.79. The maximum Gasteiger partial charge on any atom is 0.452 e. The van der Waals surface area contributed by atoms with E-state index in [4.69, 9.17) is 5.73 Å². The predicted molar refractivity (Wildman–Crippen MR) is 57.1 cm³/mol. The largest absolute Gasteiger partial charge is 0.452 e. The van der Waals surface area contributed by atoms with Gasteiger partial charge in [0.1, 0.15) is 6.04 Å². The predicted octanol–water partition coefficient (Wildman–Crippen LogP) is 1.75. The van der Waals surface area contributed by atoms with Crippen LogP contribution < -0.4 is 5.73 Å². The third-order valence-corrected chi connectivity index (χ3v) is 1.90. The van der Waals surface area contributed by atoms with Crippen LogP contribution in [0, 0.1) is 0 Å². The Morgan fingerprint density at radius 1 is 1.12 bits per heavy atom. The lowest BCUT2D eigenvalue weighted by atomic mass is 10.0. The molecule has 1 aromatic carbocycles. The zero-order valence-electron chi connectivity index (χ0n) is 8.40. The molecule has 0 heterocycles. The number of ketones is 2. The van der Waals surface area contributed by atoms with E-state index in [2.05, 4.69) is 0 Å². The van der Waals surface area contributed by atoms with Gasteiger partial charge in [0.25, 0.3) is 5.78 Å². The highest BCUT2D eigenvalue weighted by molar-refractivity contribution is 6.15. The number of carbonyl (C=O) groups is 2. The van der Waals surface area contributed by atoms with Crippen molar-refractivity contribution in [3.63, 3.8) is 0 Å². The van der Waals surface area contributed by atoms with Crippen LogP contribution in [0.2, 0.25) is 0 Å². The highest BCUT2D eigenvalue weighted by atomic mass is 35.5. The first-order valence-corrected chi connectivity index (χ1v) is 4.30. The molecule has 0 radical (unpaired) electrons. The molecule has 1 rings (SSSR count). The molecule has 0 aliphatic carbocycles. The summed E-state index contributed by atoms with van der Waals surface area (Å²) in [6.45, 7) is 0. The summed E-state index contributed by atoms with van der Waals surface area (Å²) in [6.07, 6.45) is -5.09. The fraction of sp³-hybridized carbons (Fsp3) is 0.200.